The standard InChI is InChI=1S/C18H18N2O3/c1-14-3-5-16(6-4-14)23-17-9-7-15(8-10-17)22-13-18(21)20(2)12-11-19/h3-10H,12-13H2,1-2H3. The van der Waals surface area contributed by atoms with Gasteiger partial charge in [-0.25, -0.2) is 0 Å². The summed E-state index contributed by atoms with van der Waals surface area (Å²) in [4.78, 5) is 13.0. The summed E-state index contributed by atoms with van der Waals surface area (Å²) in [5, 5.41) is 8.54. The number of nitrogens with zero attached hydrogens (tertiary/aromatic N) is 2. The number of nitriles is 1. The fourth-order valence-corrected chi connectivity index (χ4v) is 1.80. The Labute approximate surface area is 135 Å². The molecule has 0 aliphatic heterocycles. The largest absolute Gasteiger partial charge is 0.484 e. The Hall–Kier alpha value is -3.00. The van der Waals surface area contributed by atoms with Crippen molar-refractivity contribution in [1.29, 1.82) is 5.26 Å². The zero-order valence-corrected chi connectivity index (χ0v) is 13.2. The third-order valence-corrected chi connectivity index (χ3v) is 3.18. The molecule has 2 aromatic carbocycles. The second kappa shape index (κ2) is 7.85. The molecule has 0 heterocycles. The number of ether oxygens (including phenoxy) is 2. The predicted octanol–water partition coefficient (Wildman–Crippen LogP) is 3.15. The molecule has 118 valence electrons. The van der Waals surface area contributed by atoms with Crippen LogP contribution >= 0.6 is 0 Å². The Balaban J connectivity index is 1.88. The van der Waals surface area contributed by atoms with Gasteiger partial charge in [0.15, 0.2) is 6.61 Å². The molecule has 0 N–H and O–H groups in total. The van der Waals surface area contributed by atoms with E-state index in [0.717, 1.165) is 5.75 Å². The minimum absolute atomic E-state index is 0.0471. The average molecular weight is 310 g/mol. The highest BCUT2D eigenvalue weighted by Gasteiger charge is 2.08. The summed E-state index contributed by atoms with van der Waals surface area (Å²) in [5.74, 6) is 1.78. The lowest BCUT2D eigenvalue weighted by Gasteiger charge is -2.13. The predicted molar refractivity (Wildman–Crippen MR) is 86.4 cm³/mol. The van der Waals surface area contributed by atoms with Crippen LogP contribution < -0.4 is 9.47 Å². The van der Waals surface area contributed by atoms with E-state index < -0.39 is 0 Å². The fourth-order valence-electron chi connectivity index (χ4n) is 1.80. The summed E-state index contributed by atoms with van der Waals surface area (Å²) in [6.45, 7) is 1.97. The van der Waals surface area contributed by atoms with E-state index in [9.17, 15) is 4.79 Å². The van der Waals surface area contributed by atoms with Gasteiger partial charge in [-0.2, -0.15) is 5.26 Å². The van der Waals surface area contributed by atoms with E-state index in [4.69, 9.17) is 14.7 Å². The SMILES string of the molecule is Cc1ccc(Oc2ccc(OCC(=O)N(C)CC#N)cc2)cc1. The van der Waals surface area contributed by atoms with Gasteiger partial charge in [-0.15, -0.1) is 0 Å². The van der Waals surface area contributed by atoms with Gasteiger partial charge >= 0.3 is 0 Å². The van der Waals surface area contributed by atoms with Crippen LogP contribution in [0, 0.1) is 18.3 Å². The van der Waals surface area contributed by atoms with Crippen molar-refractivity contribution < 1.29 is 14.3 Å². The molecule has 0 aliphatic carbocycles. The van der Waals surface area contributed by atoms with Crippen LogP contribution in [0.1, 0.15) is 5.56 Å². The maximum Gasteiger partial charge on any atom is 0.261 e. The average Bonchev–Trinajstić information content (AvgIpc) is 2.56. The van der Waals surface area contributed by atoms with Crippen LogP contribution in [0.25, 0.3) is 0 Å². The Morgan fingerprint density at radius 2 is 1.57 bits per heavy atom. The topological polar surface area (TPSA) is 62.6 Å². The first-order valence-corrected chi connectivity index (χ1v) is 7.17. The van der Waals surface area contributed by atoms with E-state index in [1.807, 2.05) is 37.3 Å². The number of rotatable bonds is 6. The lowest BCUT2D eigenvalue weighted by molar-refractivity contribution is -0.131. The van der Waals surface area contributed by atoms with E-state index in [2.05, 4.69) is 0 Å². The van der Waals surface area contributed by atoms with E-state index in [-0.39, 0.29) is 19.1 Å². The van der Waals surface area contributed by atoms with Crippen LogP contribution in [-0.4, -0.2) is 31.0 Å². The monoisotopic (exact) mass is 310 g/mol. The van der Waals surface area contributed by atoms with Gasteiger partial charge in [-0.3, -0.25) is 4.79 Å². The van der Waals surface area contributed by atoms with Gasteiger partial charge in [0, 0.05) is 7.05 Å². The van der Waals surface area contributed by atoms with Crippen LogP contribution in [0.4, 0.5) is 0 Å². The highest BCUT2D eigenvalue weighted by molar-refractivity contribution is 5.77. The van der Waals surface area contributed by atoms with E-state index in [1.165, 1.54) is 10.5 Å². The normalized spacial score (nSPS) is 9.78. The van der Waals surface area contributed by atoms with Crippen molar-refractivity contribution in [1.82, 2.24) is 4.90 Å². The van der Waals surface area contributed by atoms with Gasteiger partial charge < -0.3 is 14.4 Å². The van der Waals surface area contributed by atoms with Gasteiger partial charge in [0.25, 0.3) is 5.91 Å². The summed E-state index contributed by atoms with van der Waals surface area (Å²) in [5.41, 5.74) is 1.17. The number of aryl methyl sites for hydroxylation is 1. The Morgan fingerprint density at radius 1 is 1.04 bits per heavy atom. The molecule has 23 heavy (non-hydrogen) atoms. The summed E-state index contributed by atoms with van der Waals surface area (Å²) in [6.07, 6.45) is 0. The molecule has 0 aliphatic rings. The Morgan fingerprint density at radius 3 is 2.13 bits per heavy atom. The van der Waals surface area contributed by atoms with Crippen molar-refractivity contribution in [3.05, 3.63) is 54.1 Å². The second-order valence-corrected chi connectivity index (χ2v) is 5.08. The number of amides is 1. The molecule has 0 bridgehead atoms. The molecular weight excluding hydrogens is 292 g/mol. The number of carbonyl (C=O) groups excluding carboxylic acids is 1. The molecule has 5 heteroatoms. The quantitative estimate of drug-likeness (QED) is 0.769. The van der Waals surface area contributed by atoms with Crippen LogP contribution in [0.2, 0.25) is 0 Å². The number of carbonyl (C=O) groups is 1. The molecule has 0 radical (unpaired) electrons. The van der Waals surface area contributed by atoms with E-state index >= 15 is 0 Å². The van der Waals surface area contributed by atoms with E-state index in [0.29, 0.717) is 11.5 Å². The number of hydrogen-bond acceptors (Lipinski definition) is 4. The van der Waals surface area contributed by atoms with Crippen molar-refractivity contribution in [2.45, 2.75) is 6.92 Å². The lowest BCUT2D eigenvalue weighted by atomic mass is 10.2. The molecule has 0 spiro atoms. The number of hydrogen-bond donors (Lipinski definition) is 0. The highest BCUT2D eigenvalue weighted by atomic mass is 16.5. The molecule has 0 unspecified atom stereocenters. The molecule has 0 atom stereocenters. The van der Waals surface area contributed by atoms with Crippen molar-refractivity contribution >= 4 is 5.91 Å². The van der Waals surface area contributed by atoms with Gasteiger partial charge in [0.2, 0.25) is 0 Å². The molecule has 5 nitrogen and oxygen atoms in total. The van der Waals surface area contributed by atoms with Gasteiger partial charge in [0.05, 0.1) is 6.07 Å². The molecule has 0 saturated heterocycles. The van der Waals surface area contributed by atoms with Crippen LogP contribution in [0.5, 0.6) is 17.2 Å². The molecule has 0 fully saturated rings. The first kappa shape index (κ1) is 16.4. The molecule has 0 aromatic heterocycles. The summed E-state index contributed by atoms with van der Waals surface area (Å²) in [7, 11) is 1.56. The number of benzene rings is 2. The molecule has 2 aromatic rings. The smallest absolute Gasteiger partial charge is 0.261 e. The summed E-state index contributed by atoms with van der Waals surface area (Å²) < 4.78 is 11.1. The zero-order chi connectivity index (χ0) is 16.7. The molecule has 0 saturated carbocycles. The first-order chi connectivity index (χ1) is 11.1. The zero-order valence-electron chi connectivity index (χ0n) is 13.2. The molecular formula is C18H18N2O3. The maximum atomic E-state index is 11.7. The van der Waals surface area contributed by atoms with Crippen LogP contribution in [-0.2, 0) is 4.79 Å². The minimum Gasteiger partial charge on any atom is -0.484 e. The number of likely N-dealkylation sites (N-methyl/N-ethyl adjacent to an activating group) is 1. The molecule has 1 amide bonds. The summed E-state index contributed by atoms with van der Waals surface area (Å²) in [6, 6.07) is 16.7. The molecule has 2 rings (SSSR count). The van der Waals surface area contributed by atoms with Gasteiger partial charge in [-0.1, -0.05) is 17.7 Å². The Bertz CT molecular complexity index is 688. The highest BCUT2D eigenvalue weighted by Crippen LogP contribution is 2.24. The Kier molecular flexibility index (Phi) is 5.59. The van der Waals surface area contributed by atoms with Crippen molar-refractivity contribution in [2.24, 2.45) is 0 Å². The van der Waals surface area contributed by atoms with E-state index in [1.54, 1.807) is 31.3 Å². The third kappa shape index (κ3) is 5.04. The van der Waals surface area contributed by atoms with Crippen molar-refractivity contribution in [3.63, 3.8) is 0 Å². The fraction of sp³-hybridized carbons (Fsp3) is 0.222. The minimum atomic E-state index is -0.244. The third-order valence-electron chi connectivity index (χ3n) is 3.18. The van der Waals surface area contributed by atoms with Gasteiger partial charge in [0.1, 0.15) is 23.8 Å². The summed E-state index contributed by atoms with van der Waals surface area (Å²) >= 11 is 0. The van der Waals surface area contributed by atoms with Crippen LogP contribution in [0.15, 0.2) is 48.5 Å². The first-order valence-electron chi connectivity index (χ1n) is 7.17. The second-order valence-electron chi connectivity index (χ2n) is 5.08. The van der Waals surface area contributed by atoms with Gasteiger partial charge in [-0.05, 0) is 43.3 Å². The lowest BCUT2D eigenvalue weighted by Crippen LogP contribution is -2.31. The van der Waals surface area contributed by atoms with Crippen molar-refractivity contribution in [2.75, 3.05) is 20.2 Å². The van der Waals surface area contributed by atoms with Crippen LogP contribution in [0.3, 0.4) is 0 Å². The van der Waals surface area contributed by atoms with Crippen molar-refractivity contribution in [3.8, 4) is 23.3 Å². The maximum absolute atomic E-state index is 11.7.